The molecule has 12 heteroatoms. The van der Waals surface area contributed by atoms with Crippen LogP contribution in [-0.2, 0) is 14.6 Å². The van der Waals surface area contributed by atoms with Gasteiger partial charge in [-0.3, -0.25) is 24.1 Å². The van der Waals surface area contributed by atoms with Crippen LogP contribution < -0.4 is 10.9 Å². The third kappa shape index (κ3) is 3.83. The van der Waals surface area contributed by atoms with Gasteiger partial charge in [0.25, 0.3) is 5.56 Å². The molecule has 2 fully saturated rings. The number of carbonyl (C=O) groups is 1. The summed E-state index contributed by atoms with van der Waals surface area (Å²) >= 11 is 3.33. The Balaban J connectivity index is 1.59. The number of hydrogen-bond acceptors (Lipinski definition) is 7. The molecule has 2 aromatic heterocycles. The fraction of sp³-hybridized carbons (Fsp3) is 0.650. The van der Waals surface area contributed by atoms with E-state index in [9.17, 15) is 18.0 Å². The zero-order chi connectivity index (χ0) is 22.6. The summed E-state index contributed by atoms with van der Waals surface area (Å²) in [6.07, 6.45) is 2.44. The second kappa shape index (κ2) is 8.28. The van der Waals surface area contributed by atoms with Crippen molar-refractivity contribution >= 4 is 45.1 Å². The zero-order valence-electron chi connectivity index (χ0n) is 18.1. The summed E-state index contributed by atoms with van der Waals surface area (Å²) in [6, 6.07) is -0.0320. The van der Waals surface area contributed by atoms with Gasteiger partial charge in [-0.05, 0) is 44.6 Å². The second-order valence-electron chi connectivity index (χ2n) is 8.74. The van der Waals surface area contributed by atoms with Gasteiger partial charge in [0.1, 0.15) is 5.82 Å². The van der Waals surface area contributed by atoms with E-state index in [1.165, 1.54) is 11.8 Å². The minimum absolute atomic E-state index is 0.0914. The number of carbonyl (C=O) groups excluding carboxylic acids is 1. The Hall–Kier alpha value is -1.66. The van der Waals surface area contributed by atoms with Crippen molar-refractivity contribution in [2.75, 3.05) is 34.1 Å². The van der Waals surface area contributed by atoms with Gasteiger partial charge in [-0.1, -0.05) is 0 Å². The maximum absolute atomic E-state index is 13.2. The first kappa shape index (κ1) is 22.1. The number of hydrogen-bond donors (Lipinski definition) is 2. The van der Waals surface area contributed by atoms with Crippen LogP contribution in [0.5, 0.6) is 0 Å². The molecule has 32 heavy (non-hydrogen) atoms. The first-order valence-electron chi connectivity index (χ1n) is 10.8. The van der Waals surface area contributed by atoms with Crippen molar-refractivity contribution in [2.24, 2.45) is 0 Å². The summed E-state index contributed by atoms with van der Waals surface area (Å²) in [7, 11) is -3.05. The molecule has 2 aromatic rings. The Labute approximate surface area is 195 Å². The highest BCUT2D eigenvalue weighted by Crippen LogP contribution is 2.44. The van der Waals surface area contributed by atoms with Gasteiger partial charge < -0.3 is 5.32 Å². The molecule has 0 aromatic carbocycles. The lowest BCUT2D eigenvalue weighted by Crippen LogP contribution is -2.22. The predicted octanol–water partition coefficient (Wildman–Crippen LogP) is 2.19. The Morgan fingerprint density at radius 3 is 2.50 bits per heavy atom. The molecule has 2 atom stereocenters. The minimum Gasteiger partial charge on any atom is -0.310 e. The standard InChI is InChI=1S/C20H27N5O4S3/c1-11-16(12(2)24(22-11)14-5-8-32(28,29)10-14)18-17-19(21-15(26)9-31-18)25(23-20(17)27)13-3-6-30-7-4-13/h13-14,18H,3-10H2,1-2H3,(H,21,26)(H,23,27)/t14-,18-/m1/s1. The number of anilines is 1. The van der Waals surface area contributed by atoms with Crippen LogP contribution in [0.1, 0.15) is 59.1 Å². The Morgan fingerprint density at radius 2 is 1.81 bits per heavy atom. The molecule has 5 heterocycles. The second-order valence-corrected chi connectivity index (χ2v) is 13.3. The number of nitrogens with zero attached hydrogens (tertiary/aromatic N) is 3. The van der Waals surface area contributed by atoms with E-state index in [4.69, 9.17) is 5.10 Å². The smallest absolute Gasteiger partial charge is 0.270 e. The molecule has 0 radical (unpaired) electrons. The maximum atomic E-state index is 13.2. The number of rotatable bonds is 3. The number of amides is 1. The van der Waals surface area contributed by atoms with Crippen LogP contribution in [0.15, 0.2) is 4.79 Å². The monoisotopic (exact) mass is 497 g/mol. The van der Waals surface area contributed by atoms with E-state index in [-0.39, 0.29) is 46.1 Å². The molecule has 9 nitrogen and oxygen atoms in total. The van der Waals surface area contributed by atoms with E-state index in [2.05, 4.69) is 10.4 Å². The highest BCUT2D eigenvalue weighted by molar-refractivity contribution is 8.00. The highest BCUT2D eigenvalue weighted by Gasteiger charge is 2.37. The van der Waals surface area contributed by atoms with Gasteiger partial charge in [0.2, 0.25) is 5.91 Å². The SMILES string of the molecule is Cc1nn([C@@H]2CCS(=O)(=O)C2)c(C)c1[C@H]1SCC(=O)Nc2c1c(=O)[nH]n2C1CCSCC1. The van der Waals surface area contributed by atoms with Gasteiger partial charge in [-0.15, -0.1) is 11.8 Å². The number of fused-ring (bicyclic) bond motifs is 1. The van der Waals surface area contributed by atoms with Gasteiger partial charge >= 0.3 is 0 Å². The number of sulfone groups is 1. The summed E-state index contributed by atoms with van der Waals surface area (Å²) in [4.78, 5) is 25.8. The van der Waals surface area contributed by atoms with E-state index in [1.54, 1.807) is 0 Å². The molecule has 5 rings (SSSR count). The number of thioether (sulfide) groups is 2. The van der Waals surface area contributed by atoms with Crippen molar-refractivity contribution in [3.8, 4) is 0 Å². The third-order valence-electron chi connectivity index (χ3n) is 6.62. The molecule has 1 amide bonds. The van der Waals surface area contributed by atoms with E-state index in [0.29, 0.717) is 17.8 Å². The Morgan fingerprint density at radius 1 is 1.06 bits per heavy atom. The maximum Gasteiger partial charge on any atom is 0.270 e. The number of aryl methyl sites for hydroxylation is 1. The largest absolute Gasteiger partial charge is 0.310 e. The molecular weight excluding hydrogens is 470 g/mol. The van der Waals surface area contributed by atoms with E-state index < -0.39 is 9.84 Å². The van der Waals surface area contributed by atoms with E-state index in [0.717, 1.165) is 41.3 Å². The average molecular weight is 498 g/mol. The first-order valence-corrected chi connectivity index (χ1v) is 14.9. The summed E-state index contributed by atoms with van der Waals surface area (Å²) in [5.74, 6) is 3.01. The van der Waals surface area contributed by atoms with Crippen LogP contribution >= 0.6 is 23.5 Å². The molecule has 174 valence electrons. The molecule has 3 aliphatic rings. The third-order valence-corrected chi connectivity index (χ3v) is 10.6. The number of H-pyrrole nitrogens is 1. The van der Waals surface area contributed by atoms with Crippen LogP contribution in [-0.4, -0.2) is 62.7 Å². The van der Waals surface area contributed by atoms with Gasteiger partial charge in [-0.2, -0.15) is 16.9 Å². The topological polar surface area (TPSA) is 119 Å². The van der Waals surface area contributed by atoms with Crippen LogP contribution in [0, 0.1) is 13.8 Å². The fourth-order valence-electron chi connectivity index (χ4n) is 5.07. The van der Waals surface area contributed by atoms with Crippen molar-refractivity contribution in [2.45, 2.75) is 50.4 Å². The summed E-state index contributed by atoms with van der Waals surface area (Å²) in [5, 5.41) is 10.3. The van der Waals surface area contributed by atoms with E-state index >= 15 is 0 Å². The van der Waals surface area contributed by atoms with Crippen LogP contribution in [0.4, 0.5) is 5.82 Å². The highest BCUT2D eigenvalue weighted by atomic mass is 32.2. The summed E-state index contributed by atoms with van der Waals surface area (Å²) < 4.78 is 27.7. The lowest BCUT2D eigenvalue weighted by Gasteiger charge is -2.24. The average Bonchev–Trinajstić information content (AvgIpc) is 3.33. The summed E-state index contributed by atoms with van der Waals surface area (Å²) in [6.45, 7) is 3.83. The molecule has 0 spiro atoms. The van der Waals surface area contributed by atoms with Crippen molar-refractivity contribution in [3.05, 3.63) is 32.9 Å². The molecule has 0 bridgehead atoms. The molecule has 0 unspecified atom stereocenters. The van der Waals surface area contributed by atoms with Crippen molar-refractivity contribution in [1.82, 2.24) is 19.6 Å². The van der Waals surface area contributed by atoms with Crippen LogP contribution in [0.2, 0.25) is 0 Å². The number of aromatic nitrogens is 4. The first-order chi connectivity index (χ1) is 15.2. The van der Waals surface area contributed by atoms with E-state index in [1.807, 2.05) is 35.0 Å². The number of nitrogens with one attached hydrogen (secondary N) is 2. The molecule has 2 saturated heterocycles. The number of aromatic amines is 1. The molecule has 0 aliphatic carbocycles. The quantitative estimate of drug-likeness (QED) is 0.667. The van der Waals surface area contributed by atoms with Crippen molar-refractivity contribution in [1.29, 1.82) is 0 Å². The van der Waals surface area contributed by atoms with Crippen LogP contribution in [0.25, 0.3) is 0 Å². The lowest BCUT2D eigenvalue weighted by molar-refractivity contribution is -0.113. The van der Waals surface area contributed by atoms with Gasteiger partial charge in [-0.25, -0.2) is 8.42 Å². The van der Waals surface area contributed by atoms with Crippen LogP contribution in [0.3, 0.4) is 0 Å². The molecular formula is C20H27N5O4S3. The van der Waals surface area contributed by atoms with Crippen molar-refractivity contribution in [3.63, 3.8) is 0 Å². The van der Waals surface area contributed by atoms with Gasteiger partial charge in [0.15, 0.2) is 9.84 Å². The van der Waals surface area contributed by atoms with Crippen molar-refractivity contribution < 1.29 is 13.2 Å². The zero-order valence-corrected chi connectivity index (χ0v) is 20.5. The molecule has 0 saturated carbocycles. The lowest BCUT2D eigenvalue weighted by atomic mass is 10.0. The molecule has 2 N–H and O–H groups in total. The fourth-order valence-corrected chi connectivity index (χ4v) is 9.12. The Bertz CT molecular complexity index is 1220. The predicted molar refractivity (Wildman–Crippen MR) is 128 cm³/mol. The Kier molecular flexibility index (Phi) is 5.73. The summed E-state index contributed by atoms with van der Waals surface area (Å²) in [5.41, 5.74) is 2.91. The minimum atomic E-state index is -3.05. The molecule has 3 aliphatic heterocycles. The normalized spacial score (nSPS) is 26.0. The van der Waals surface area contributed by atoms with Gasteiger partial charge in [0.05, 0.1) is 45.8 Å². The van der Waals surface area contributed by atoms with Gasteiger partial charge in [0, 0.05) is 11.3 Å².